The Balaban J connectivity index is 2.18. The Hall–Kier alpha value is -2.89. The van der Waals surface area contributed by atoms with E-state index in [4.69, 9.17) is 4.74 Å². The highest BCUT2D eigenvalue weighted by Crippen LogP contribution is 2.16. The summed E-state index contributed by atoms with van der Waals surface area (Å²) in [6, 6.07) is 11.4. The number of para-hydroxylation sites is 1. The Morgan fingerprint density at radius 3 is 2.57 bits per heavy atom. The fourth-order valence-electron chi connectivity index (χ4n) is 2.14. The lowest BCUT2D eigenvalue weighted by Gasteiger charge is -2.12. The molecule has 0 bridgehead atoms. The summed E-state index contributed by atoms with van der Waals surface area (Å²) in [5, 5.41) is 2.65. The number of aryl methyl sites for hydroxylation is 1. The molecule has 120 valence electrons. The molecule has 0 saturated heterocycles. The lowest BCUT2D eigenvalue weighted by atomic mass is 10.2. The maximum Gasteiger partial charge on any atom is 0.340 e. The maximum atomic E-state index is 12.2. The molecule has 1 aromatic heterocycles. The molecular formula is C17H18N2O4. The highest BCUT2D eigenvalue weighted by atomic mass is 16.5. The largest absolute Gasteiger partial charge is 0.462 e. The van der Waals surface area contributed by atoms with Gasteiger partial charge in [0.25, 0.3) is 5.56 Å². The molecule has 0 aliphatic heterocycles. The molecule has 0 fully saturated rings. The number of amides is 1. The Morgan fingerprint density at radius 2 is 1.87 bits per heavy atom. The SMILES string of the molecule is CCOC(=O)c1ccccc1NC(=O)Cn1c(C)cccc1=O. The number of nitrogens with zero attached hydrogens (tertiary/aromatic N) is 1. The van der Waals surface area contributed by atoms with Crippen molar-refractivity contribution in [3.63, 3.8) is 0 Å². The van der Waals surface area contributed by atoms with E-state index in [0.29, 0.717) is 11.4 Å². The zero-order valence-corrected chi connectivity index (χ0v) is 13.0. The van der Waals surface area contributed by atoms with Crippen LogP contribution in [0.15, 0.2) is 47.3 Å². The Morgan fingerprint density at radius 1 is 1.13 bits per heavy atom. The van der Waals surface area contributed by atoms with Crippen molar-refractivity contribution in [1.82, 2.24) is 4.57 Å². The molecule has 0 saturated carbocycles. The molecule has 0 unspecified atom stereocenters. The number of esters is 1. The molecule has 6 heteroatoms. The van der Waals surface area contributed by atoms with Gasteiger partial charge in [0.05, 0.1) is 17.9 Å². The van der Waals surface area contributed by atoms with Gasteiger partial charge in [0.2, 0.25) is 5.91 Å². The number of hydrogen-bond donors (Lipinski definition) is 1. The molecule has 2 rings (SSSR count). The molecule has 23 heavy (non-hydrogen) atoms. The molecule has 1 amide bonds. The average Bonchev–Trinajstić information content (AvgIpc) is 2.52. The summed E-state index contributed by atoms with van der Waals surface area (Å²) < 4.78 is 6.32. The van der Waals surface area contributed by atoms with Gasteiger partial charge in [0.1, 0.15) is 6.54 Å². The van der Waals surface area contributed by atoms with Gasteiger partial charge in [-0.2, -0.15) is 0 Å². The van der Waals surface area contributed by atoms with Gasteiger partial charge in [-0.05, 0) is 32.0 Å². The quantitative estimate of drug-likeness (QED) is 0.856. The number of anilines is 1. The number of ether oxygens (including phenoxy) is 1. The van der Waals surface area contributed by atoms with Gasteiger partial charge in [-0.1, -0.05) is 18.2 Å². The van der Waals surface area contributed by atoms with E-state index in [9.17, 15) is 14.4 Å². The number of carbonyl (C=O) groups is 2. The van der Waals surface area contributed by atoms with Crippen LogP contribution < -0.4 is 10.9 Å². The number of hydrogen-bond acceptors (Lipinski definition) is 4. The predicted molar refractivity (Wildman–Crippen MR) is 86.5 cm³/mol. The number of rotatable bonds is 5. The van der Waals surface area contributed by atoms with Crippen LogP contribution in [0.25, 0.3) is 0 Å². The maximum absolute atomic E-state index is 12.2. The molecule has 1 aromatic carbocycles. The number of benzene rings is 1. The van der Waals surface area contributed by atoms with Crippen LogP contribution in [0.2, 0.25) is 0 Å². The van der Waals surface area contributed by atoms with Crippen molar-refractivity contribution in [1.29, 1.82) is 0 Å². The van der Waals surface area contributed by atoms with E-state index in [2.05, 4.69) is 5.32 Å². The second kappa shape index (κ2) is 7.40. The zero-order valence-electron chi connectivity index (χ0n) is 13.0. The molecule has 0 aliphatic rings. The Labute approximate surface area is 133 Å². The standard InChI is InChI=1S/C17H18N2O4/c1-3-23-17(22)13-8-4-5-9-14(13)18-15(20)11-19-12(2)7-6-10-16(19)21/h4-10H,3,11H2,1-2H3,(H,18,20). The van der Waals surface area contributed by atoms with E-state index in [1.165, 1.54) is 10.6 Å². The van der Waals surface area contributed by atoms with Crippen molar-refractivity contribution < 1.29 is 14.3 Å². The molecule has 0 spiro atoms. The minimum absolute atomic E-state index is 0.122. The number of nitrogens with one attached hydrogen (secondary N) is 1. The minimum atomic E-state index is -0.503. The van der Waals surface area contributed by atoms with Crippen LogP contribution in [0.3, 0.4) is 0 Å². The summed E-state index contributed by atoms with van der Waals surface area (Å²) in [7, 11) is 0. The van der Waals surface area contributed by atoms with Crippen LogP contribution in [0.4, 0.5) is 5.69 Å². The van der Waals surface area contributed by atoms with Gasteiger partial charge < -0.3 is 14.6 Å². The van der Waals surface area contributed by atoms with Crippen LogP contribution in [-0.2, 0) is 16.1 Å². The molecule has 2 aromatic rings. The fraction of sp³-hybridized carbons (Fsp3) is 0.235. The van der Waals surface area contributed by atoms with E-state index >= 15 is 0 Å². The third-order valence-corrected chi connectivity index (χ3v) is 3.27. The second-order valence-electron chi connectivity index (χ2n) is 4.91. The van der Waals surface area contributed by atoms with Crippen molar-refractivity contribution in [2.45, 2.75) is 20.4 Å². The third-order valence-electron chi connectivity index (χ3n) is 3.27. The number of pyridine rings is 1. The van der Waals surface area contributed by atoms with E-state index in [1.54, 1.807) is 50.2 Å². The van der Waals surface area contributed by atoms with Crippen molar-refractivity contribution in [3.8, 4) is 0 Å². The van der Waals surface area contributed by atoms with E-state index < -0.39 is 11.9 Å². The lowest BCUT2D eigenvalue weighted by molar-refractivity contribution is -0.116. The summed E-state index contributed by atoms with van der Waals surface area (Å²) in [4.78, 5) is 35.9. The highest BCUT2D eigenvalue weighted by Gasteiger charge is 2.14. The van der Waals surface area contributed by atoms with Crippen molar-refractivity contribution in [3.05, 3.63) is 64.1 Å². The minimum Gasteiger partial charge on any atom is -0.462 e. The van der Waals surface area contributed by atoms with Gasteiger partial charge in [-0.3, -0.25) is 9.59 Å². The number of carbonyl (C=O) groups excluding carboxylic acids is 2. The van der Waals surface area contributed by atoms with E-state index in [0.717, 1.165) is 0 Å². The van der Waals surface area contributed by atoms with Gasteiger partial charge in [0, 0.05) is 11.8 Å². The van der Waals surface area contributed by atoms with Gasteiger partial charge >= 0.3 is 5.97 Å². The second-order valence-corrected chi connectivity index (χ2v) is 4.91. The number of aromatic nitrogens is 1. The van der Waals surface area contributed by atoms with Crippen LogP contribution in [0, 0.1) is 6.92 Å². The normalized spacial score (nSPS) is 10.2. The molecule has 0 radical (unpaired) electrons. The predicted octanol–water partition coefficient (Wildman–Crippen LogP) is 1.97. The van der Waals surface area contributed by atoms with Gasteiger partial charge in [0.15, 0.2) is 0 Å². The monoisotopic (exact) mass is 314 g/mol. The summed E-state index contributed by atoms with van der Waals surface area (Å²) in [6.07, 6.45) is 0. The van der Waals surface area contributed by atoms with Gasteiger partial charge in [-0.15, -0.1) is 0 Å². The summed E-state index contributed by atoms with van der Waals surface area (Å²) in [5.41, 5.74) is 1.07. The topological polar surface area (TPSA) is 77.4 Å². The van der Waals surface area contributed by atoms with Crippen LogP contribution in [0.1, 0.15) is 23.0 Å². The summed E-state index contributed by atoms with van der Waals surface area (Å²) >= 11 is 0. The summed E-state index contributed by atoms with van der Waals surface area (Å²) in [5.74, 6) is -0.894. The van der Waals surface area contributed by atoms with Gasteiger partial charge in [-0.25, -0.2) is 4.79 Å². The summed E-state index contributed by atoms with van der Waals surface area (Å²) in [6.45, 7) is 3.59. The van der Waals surface area contributed by atoms with E-state index in [-0.39, 0.29) is 24.3 Å². The van der Waals surface area contributed by atoms with Crippen molar-refractivity contribution in [2.75, 3.05) is 11.9 Å². The first kappa shape index (κ1) is 16.5. The third kappa shape index (κ3) is 4.06. The molecule has 1 heterocycles. The zero-order chi connectivity index (χ0) is 16.8. The first-order valence-electron chi connectivity index (χ1n) is 7.25. The fourth-order valence-corrected chi connectivity index (χ4v) is 2.14. The molecule has 6 nitrogen and oxygen atoms in total. The molecular weight excluding hydrogens is 296 g/mol. The first-order chi connectivity index (χ1) is 11.0. The van der Waals surface area contributed by atoms with Crippen LogP contribution in [-0.4, -0.2) is 23.1 Å². The first-order valence-corrected chi connectivity index (χ1v) is 7.25. The molecule has 1 N–H and O–H groups in total. The van der Waals surface area contributed by atoms with Crippen molar-refractivity contribution in [2.24, 2.45) is 0 Å². The van der Waals surface area contributed by atoms with Crippen LogP contribution in [0.5, 0.6) is 0 Å². The van der Waals surface area contributed by atoms with Crippen LogP contribution >= 0.6 is 0 Å². The molecule has 0 aliphatic carbocycles. The average molecular weight is 314 g/mol. The highest BCUT2D eigenvalue weighted by molar-refractivity contribution is 6.01. The van der Waals surface area contributed by atoms with Crippen molar-refractivity contribution >= 4 is 17.6 Å². The molecule has 0 atom stereocenters. The Kier molecular flexibility index (Phi) is 5.30. The van der Waals surface area contributed by atoms with E-state index in [1.807, 2.05) is 0 Å². The smallest absolute Gasteiger partial charge is 0.340 e. The Bertz CT molecular complexity index is 780. The lowest BCUT2D eigenvalue weighted by Crippen LogP contribution is -2.28.